The lowest BCUT2D eigenvalue weighted by Crippen LogP contribution is -2.49. The molecule has 0 atom stereocenters. The molecule has 0 unspecified atom stereocenters. The first kappa shape index (κ1) is 19.2. The zero-order chi connectivity index (χ0) is 18.0. The van der Waals surface area contributed by atoms with Crippen LogP contribution in [0.3, 0.4) is 0 Å². The number of carbonyl (C=O) groups excluding carboxylic acids is 2. The van der Waals surface area contributed by atoms with E-state index in [-0.39, 0.29) is 5.41 Å². The predicted molar refractivity (Wildman–Crippen MR) is 95.6 cm³/mol. The molecule has 0 bridgehead atoms. The Kier molecular flexibility index (Phi) is 5.62. The van der Waals surface area contributed by atoms with Gasteiger partial charge in [-0.05, 0) is 57.6 Å². The van der Waals surface area contributed by atoms with E-state index in [4.69, 9.17) is 0 Å². The van der Waals surface area contributed by atoms with Crippen LogP contribution in [-0.2, 0) is 9.59 Å². The molecule has 1 rings (SSSR count). The van der Waals surface area contributed by atoms with E-state index >= 15 is 0 Å². The van der Waals surface area contributed by atoms with Gasteiger partial charge in [-0.15, -0.1) is 0 Å². The van der Waals surface area contributed by atoms with E-state index < -0.39 is 17.4 Å². The van der Waals surface area contributed by atoms with Crippen LogP contribution in [-0.4, -0.2) is 17.4 Å². The number of hydrogen-bond donors (Lipinski definition) is 2. The van der Waals surface area contributed by atoms with Gasteiger partial charge in [0.15, 0.2) is 0 Å². The van der Waals surface area contributed by atoms with Crippen molar-refractivity contribution in [3.8, 4) is 0 Å². The number of anilines is 1. The second-order valence-electron chi connectivity index (χ2n) is 8.30. The molecule has 0 saturated heterocycles. The van der Waals surface area contributed by atoms with Gasteiger partial charge in [-0.2, -0.15) is 0 Å². The third kappa shape index (κ3) is 6.05. The summed E-state index contributed by atoms with van der Waals surface area (Å²) in [6, 6.07) is 3.98. The minimum Gasteiger partial charge on any atom is -0.343 e. The number of aryl methyl sites for hydroxylation is 3. The zero-order valence-corrected chi connectivity index (χ0v) is 15.7. The van der Waals surface area contributed by atoms with E-state index in [0.717, 1.165) is 23.1 Å². The lowest BCUT2D eigenvalue weighted by Gasteiger charge is -2.33. The minimum atomic E-state index is -0.623. The van der Waals surface area contributed by atoms with Crippen molar-refractivity contribution < 1.29 is 9.59 Å². The predicted octanol–water partition coefficient (Wildman–Crippen LogP) is 3.88. The molecule has 23 heavy (non-hydrogen) atoms. The molecule has 0 aliphatic carbocycles. The van der Waals surface area contributed by atoms with Crippen molar-refractivity contribution in [2.24, 2.45) is 5.41 Å². The molecule has 4 heteroatoms. The summed E-state index contributed by atoms with van der Waals surface area (Å²) in [6.45, 7) is 16.1. The molecule has 1 aromatic rings. The fourth-order valence-corrected chi connectivity index (χ4v) is 3.28. The van der Waals surface area contributed by atoms with E-state index in [1.54, 1.807) is 0 Å². The molecule has 0 fully saturated rings. The molecule has 0 heterocycles. The van der Waals surface area contributed by atoms with Gasteiger partial charge in [-0.25, -0.2) is 0 Å². The SMILES string of the molecule is Cc1cc(C)c(NC(=O)C(=O)NC(C)(C)CC(C)(C)C)c(C)c1. The molecule has 0 radical (unpaired) electrons. The summed E-state index contributed by atoms with van der Waals surface area (Å²) in [4.78, 5) is 24.4. The first-order chi connectivity index (χ1) is 10.3. The first-order valence-corrected chi connectivity index (χ1v) is 8.02. The molecule has 0 aliphatic rings. The number of amides is 2. The molecule has 2 N–H and O–H groups in total. The highest BCUT2D eigenvalue weighted by Gasteiger charge is 2.29. The molecule has 0 spiro atoms. The van der Waals surface area contributed by atoms with E-state index in [0.29, 0.717) is 5.69 Å². The van der Waals surface area contributed by atoms with Gasteiger partial charge in [-0.3, -0.25) is 9.59 Å². The largest absolute Gasteiger partial charge is 0.343 e. The standard InChI is InChI=1S/C19H30N2O2/c1-12-9-13(2)15(14(3)10-12)20-16(22)17(23)21-19(7,8)11-18(4,5)6/h9-10H,11H2,1-8H3,(H,20,22)(H,21,23). The normalized spacial score (nSPS) is 12.0. The fraction of sp³-hybridized carbons (Fsp3) is 0.579. The smallest absolute Gasteiger partial charge is 0.313 e. The van der Waals surface area contributed by atoms with Crippen LogP contribution < -0.4 is 10.6 Å². The van der Waals surface area contributed by atoms with Crippen molar-refractivity contribution in [3.63, 3.8) is 0 Å². The number of nitrogens with one attached hydrogen (secondary N) is 2. The van der Waals surface area contributed by atoms with Crippen LogP contribution in [0.2, 0.25) is 0 Å². The van der Waals surface area contributed by atoms with Crippen LogP contribution in [0.1, 0.15) is 57.7 Å². The van der Waals surface area contributed by atoms with Crippen molar-refractivity contribution in [2.45, 2.75) is 67.3 Å². The Morgan fingerprint density at radius 1 is 0.913 bits per heavy atom. The number of carbonyl (C=O) groups is 2. The van der Waals surface area contributed by atoms with Crippen LogP contribution in [0.15, 0.2) is 12.1 Å². The number of hydrogen-bond acceptors (Lipinski definition) is 2. The van der Waals surface area contributed by atoms with Crippen molar-refractivity contribution >= 4 is 17.5 Å². The lowest BCUT2D eigenvalue weighted by atomic mass is 9.82. The van der Waals surface area contributed by atoms with Crippen LogP contribution >= 0.6 is 0 Å². The molecule has 4 nitrogen and oxygen atoms in total. The Morgan fingerprint density at radius 3 is 1.83 bits per heavy atom. The molecular formula is C19H30N2O2. The Morgan fingerprint density at radius 2 is 1.39 bits per heavy atom. The lowest BCUT2D eigenvalue weighted by molar-refractivity contribution is -0.137. The van der Waals surface area contributed by atoms with Gasteiger partial charge in [-0.1, -0.05) is 38.5 Å². The number of benzene rings is 1. The molecule has 0 saturated carbocycles. The minimum absolute atomic E-state index is 0.0669. The van der Waals surface area contributed by atoms with E-state index in [1.165, 1.54) is 0 Å². The van der Waals surface area contributed by atoms with Crippen LogP contribution in [0.4, 0.5) is 5.69 Å². The van der Waals surface area contributed by atoms with Gasteiger partial charge in [0.1, 0.15) is 0 Å². The summed E-state index contributed by atoms with van der Waals surface area (Å²) in [7, 11) is 0. The maximum Gasteiger partial charge on any atom is 0.313 e. The third-order valence-corrected chi connectivity index (χ3v) is 3.55. The topological polar surface area (TPSA) is 58.2 Å². The summed E-state index contributed by atoms with van der Waals surface area (Å²) in [5.74, 6) is -1.22. The Balaban J connectivity index is 2.81. The Labute approximate surface area is 140 Å². The van der Waals surface area contributed by atoms with Crippen molar-refractivity contribution in [1.29, 1.82) is 0 Å². The highest BCUT2D eigenvalue weighted by molar-refractivity contribution is 6.40. The van der Waals surface area contributed by atoms with Gasteiger partial charge < -0.3 is 10.6 Å². The molecule has 2 amide bonds. The average Bonchev–Trinajstić information content (AvgIpc) is 2.29. The average molecular weight is 318 g/mol. The van der Waals surface area contributed by atoms with Crippen LogP contribution in [0.25, 0.3) is 0 Å². The highest BCUT2D eigenvalue weighted by atomic mass is 16.2. The molecule has 128 valence electrons. The third-order valence-electron chi connectivity index (χ3n) is 3.55. The summed E-state index contributed by atoms with van der Waals surface area (Å²) >= 11 is 0. The summed E-state index contributed by atoms with van der Waals surface area (Å²) in [5.41, 5.74) is 3.38. The molecule has 1 aromatic carbocycles. The van der Waals surface area contributed by atoms with E-state index in [2.05, 4.69) is 31.4 Å². The van der Waals surface area contributed by atoms with E-state index in [1.807, 2.05) is 46.8 Å². The van der Waals surface area contributed by atoms with Gasteiger partial charge in [0.25, 0.3) is 0 Å². The first-order valence-electron chi connectivity index (χ1n) is 8.02. The van der Waals surface area contributed by atoms with Crippen molar-refractivity contribution in [1.82, 2.24) is 5.32 Å². The highest BCUT2D eigenvalue weighted by Crippen LogP contribution is 2.27. The molecule has 0 aliphatic heterocycles. The van der Waals surface area contributed by atoms with Gasteiger partial charge in [0, 0.05) is 11.2 Å². The maximum absolute atomic E-state index is 12.2. The monoisotopic (exact) mass is 318 g/mol. The summed E-state index contributed by atoms with van der Waals surface area (Å²) in [6.07, 6.45) is 0.779. The van der Waals surface area contributed by atoms with Crippen molar-refractivity contribution in [3.05, 3.63) is 28.8 Å². The maximum atomic E-state index is 12.2. The molecule has 0 aromatic heterocycles. The van der Waals surface area contributed by atoms with Gasteiger partial charge >= 0.3 is 11.8 Å². The van der Waals surface area contributed by atoms with Crippen molar-refractivity contribution in [2.75, 3.05) is 5.32 Å². The van der Waals surface area contributed by atoms with Gasteiger partial charge in [0.05, 0.1) is 0 Å². The van der Waals surface area contributed by atoms with Crippen LogP contribution in [0.5, 0.6) is 0 Å². The van der Waals surface area contributed by atoms with Crippen LogP contribution in [0, 0.1) is 26.2 Å². The molecular weight excluding hydrogens is 288 g/mol. The Bertz CT molecular complexity index is 587. The van der Waals surface area contributed by atoms with Gasteiger partial charge in [0.2, 0.25) is 0 Å². The fourth-order valence-electron chi connectivity index (χ4n) is 3.28. The number of rotatable bonds is 3. The Hall–Kier alpha value is -1.84. The summed E-state index contributed by atoms with van der Waals surface area (Å²) < 4.78 is 0. The second-order valence-corrected chi connectivity index (χ2v) is 8.30. The summed E-state index contributed by atoms with van der Waals surface area (Å²) in [5, 5.41) is 5.57. The van der Waals surface area contributed by atoms with E-state index in [9.17, 15) is 9.59 Å². The second kappa shape index (κ2) is 6.73. The quantitative estimate of drug-likeness (QED) is 0.831. The zero-order valence-electron chi connectivity index (χ0n) is 15.7.